The minimum atomic E-state index is -1.18. The molecule has 5 N–H and O–H groups in total. The zero-order valence-electron chi connectivity index (χ0n) is 17.7. The first kappa shape index (κ1) is 21.3. The minimum absolute atomic E-state index is 0.189. The summed E-state index contributed by atoms with van der Waals surface area (Å²) >= 11 is 0. The van der Waals surface area contributed by atoms with Crippen LogP contribution in [0, 0.1) is 19.8 Å². The lowest BCUT2D eigenvalue weighted by molar-refractivity contribution is -0.141. The molecule has 1 aliphatic carbocycles. The van der Waals surface area contributed by atoms with Crippen LogP contribution in [0.15, 0.2) is 40.5 Å². The number of aliphatic carboxylic acids is 1. The van der Waals surface area contributed by atoms with E-state index in [-0.39, 0.29) is 12.0 Å². The quantitative estimate of drug-likeness (QED) is 0.507. The molecular weight excluding hydrogens is 396 g/mol. The van der Waals surface area contributed by atoms with Gasteiger partial charge in [-0.2, -0.15) is 0 Å². The topological polar surface area (TPSA) is 123 Å². The largest absolute Gasteiger partial charge is 0.481 e. The van der Waals surface area contributed by atoms with E-state index in [0.717, 1.165) is 28.8 Å². The smallest absolute Gasteiger partial charge is 0.321 e. The van der Waals surface area contributed by atoms with Crippen LogP contribution in [0.2, 0.25) is 0 Å². The van der Waals surface area contributed by atoms with E-state index in [9.17, 15) is 19.8 Å². The average molecular weight is 425 g/mol. The maximum atomic E-state index is 11.9. The third kappa shape index (κ3) is 4.70. The number of nitrogens with zero attached hydrogens (tertiary/aromatic N) is 1. The molecule has 1 aromatic rings. The van der Waals surface area contributed by atoms with Gasteiger partial charge in [0.05, 0.1) is 17.3 Å². The van der Waals surface area contributed by atoms with Crippen molar-refractivity contribution in [2.45, 2.75) is 51.8 Å². The number of allylic oxidation sites excluding steroid dienone is 2. The standard InChI is InChI=1S/C23H28N4O4/c1-12-7-16-9-14(5-6-24-17-4-3-15(11-17)22(29)30)10-19-20(21(28)27-23(31)26-19)25-18(16)8-13(12)2/h5,7-8,10,15,17,21,24,28H,3-4,6,9,11H2,1-2H3,(H,29,30)(H2,26,27,31)/b14-5?,19-10-,25-20?. The van der Waals surface area contributed by atoms with Crippen LogP contribution in [0.1, 0.15) is 36.0 Å². The van der Waals surface area contributed by atoms with E-state index in [4.69, 9.17) is 0 Å². The fraction of sp³-hybridized carbons (Fsp3) is 0.435. The Labute approximate surface area is 181 Å². The van der Waals surface area contributed by atoms with Crippen molar-refractivity contribution in [3.8, 4) is 0 Å². The van der Waals surface area contributed by atoms with Gasteiger partial charge in [0.2, 0.25) is 0 Å². The number of aliphatic hydroxyl groups is 1. The van der Waals surface area contributed by atoms with Crippen LogP contribution < -0.4 is 16.0 Å². The molecule has 2 aliphatic heterocycles. The Morgan fingerprint density at radius 2 is 2.06 bits per heavy atom. The zero-order chi connectivity index (χ0) is 22.1. The van der Waals surface area contributed by atoms with Gasteiger partial charge in [-0.15, -0.1) is 0 Å². The van der Waals surface area contributed by atoms with Gasteiger partial charge in [-0.05, 0) is 73.9 Å². The number of aliphatic hydroxyl groups excluding tert-OH is 1. The van der Waals surface area contributed by atoms with Crippen molar-refractivity contribution in [3.05, 3.63) is 52.2 Å². The van der Waals surface area contributed by atoms with Crippen molar-refractivity contribution >= 4 is 23.4 Å². The van der Waals surface area contributed by atoms with Gasteiger partial charge in [-0.25, -0.2) is 9.79 Å². The lowest BCUT2D eigenvalue weighted by Gasteiger charge is -2.27. The van der Waals surface area contributed by atoms with Crippen LogP contribution in [0.3, 0.4) is 0 Å². The molecule has 3 aliphatic rings. The summed E-state index contributed by atoms with van der Waals surface area (Å²) < 4.78 is 0. The fourth-order valence-corrected chi connectivity index (χ4v) is 4.37. The number of hydrogen-bond donors (Lipinski definition) is 5. The van der Waals surface area contributed by atoms with Crippen molar-refractivity contribution in [2.75, 3.05) is 6.54 Å². The summed E-state index contributed by atoms with van der Waals surface area (Å²) in [6.45, 7) is 4.68. The second-order valence-corrected chi connectivity index (χ2v) is 8.53. The summed E-state index contributed by atoms with van der Waals surface area (Å²) in [7, 11) is 0. The molecule has 3 atom stereocenters. The number of fused-ring (bicyclic) bond motifs is 2. The predicted molar refractivity (Wildman–Crippen MR) is 117 cm³/mol. The Morgan fingerprint density at radius 1 is 1.29 bits per heavy atom. The molecule has 164 valence electrons. The van der Waals surface area contributed by atoms with E-state index in [1.54, 1.807) is 0 Å². The number of carboxylic acids is 1. The molecule has 2 amide bonds. The number of urea groups is 1. The van der Waals surface area contributed by atoms with Crippen LogP contribution in [0.4, 0.5) is 10.5 Å². The van der Waals surface area contributed by atoms with Gasteiger partial charge >= 0.3 is 12.0 Å². The molecule has 1 aromatic carbocycles. The molecule has 1 saturated carbocycles. The molecular formula is C23H28N4O4. The maximum Gasteiger partial charge on any atom is 0.321 e. The first-order valence-corrected chi connectivity index (χ1v) is 10.6. The van der Waals surface area contributed by atoms with E-state index in [1.165, 1.54) is 5.56 Å². The molecule has 8 nitrogen and oxygen atoms in total. The van der Waals surface area contributed by atoms with Gasteiger partial charge in [0.25, 0.3) is 0 Å². The van der Waals surface area contributed by atoms with E-state index in [2.05, 4.69) is 40.0 Å². The van der Waals surface area contributed by atoms with Crippen molar-refractivity contribution in [3.63, 3.8) is 0 Å². The van der Waals surface area contributed by atoms with Gasteiger partial charge in [-0.3, -0.25) is 4.79 Å². The number of aliphatic imine (C=N–C) groups is 1. The highest BCUT2D eigenvalue weighted by Gasteiger charge is 2.30. The van der Waals surface area contributed by atoms with Gasteiger partial charge in [0.1, 0.15) is 5.71 Å². The number of carbonyl (C=O) groups excluding carboxylic acids is 1. The number of amides is 2. The number of hydrogen-bond acceptors (Lipinski definition) is 5. The predicted octanol–water partition coefficient (Wildman–Crippen LogP) is 2.22. The molecule has 0 aromatic heterocycles. The third-order valence-corrected chi connectivity index (χ3v) is 6.26. The van der Waals surface area contributed by atoms with Gasteiger partial charge in [0.15, 0.2) is 6.23 Å². The van der Waals surface area contributed by atoms with Gasteiger partial charge < -0.3 is 26.2 Å². The fourth-order valence-electron chi connectivity index (χ4n) is 4.37. The van der Waals surface area contributed by atoms with E-state index < -0.39 is 18.2 Å². The van der Waals surface area contributed by atoms with E-state index in [0.29, 0.717) is 37.2 Å². The highest BCUT2D eigenvalue weighted by Crippen LogP contribution is 2.30. The number of aryl methyl sites for hydroxylation is 2. The molecule has 1 saturated heterocycles. The lowest BCUT2D eigenvalue weighted by atomic mass is 9.95. The Kier molecular flexibility index (Phi) is 5.93. The van der Waals surface area contributed by atoms with Crippen molar-refractivity contribution in [1.82, 2.24) is 16.0 Å². The summed E-state index contributed by atoms with van der Waals surface area (Å²) in [5.74, 6) is -0.987. The van der Waals surface area contributed by atoms with Crippen LogP contribution in [-0.2, 0) is 11.2 Å². The first-order chi connectivity index (χ1) is 14.8. The molecule has 0 bridgehead atoms. The molecule has 3 unspecified atom stereocenters. The molecule has 8 heteroatoms. The molecule has 4 rings (SSSR count). The Bertz CT molecular complexity index is 1010. The number of carbonyl (C=O) groups is 2. The number of nitrogens with one attached hydrogen (secondary N) is 3. The monoisotopic (exact) mass is 424 g/mol. The molecule has 0 radical (unpaired) electrons. The summed E-state index contributed by atoms with van der Waals surface area (Å²) in [5.41, 5.74) is 5.95. The van der Waals surface area contributed by atoms with Crippen molar-refractivity contribution in [2.24, 2.45) is 10.9 Å². The van der Waals surface area contributed by atoms with Crippen LogP contribution in [0.5, 0.6) is 0 Å². The first-order valence-electron chi connectivity index (χ1n) is 10.6. The summed E-state index contributed by atoms with van der Waals surface area (Å²) in [4.78, 5) is 27.7. The third-order valence-electron chi connectivity index (χ3n) is 6.26. The summed E-state index contributed by atoms with van der Waals surface area (Å²) in [5, 5.41) is 28.2. The van der Waals surface area contributed by atoms with Gasteiger partial charge in [-0.1, -0.05) is 12.1 Å². The minimum Gasteiger partial charge on any atom is -0.481 e. The molecule has 0 spiro atoms. The average Bonchev–Trinajstić information content (AvgIpc) is 3.16. The normalized spacial score (nSPS) is 28.3. The maximum absolute atomic E-state index is 11.9. The Morgan fingerprint density at radius 3 is 2.81 bits per heavy atom. The Hall–Kier alpha value is -2.97. The highest BCUT2D eigenvalue weighted by molar-refractivity contribution is 6.10. The van der Waals surface area contributed by atoms with E-state index >= 15 is 0 Å². The molecule has 31 heavy (non-hydrogen) atoms. The zero-order valence-corrected chi connectivity index (χ0v) is 17.7. The number of benzene rings is 1. The summed E-state index contributed by atoms with van der Waals surface area (Å²) in [6, 6.07) is 3.84. The van der Waals surface area contributed by atoms with E-state index in [1.807, 2.05) is 19.1 Å². The van der Waals surface area contributed by atoms with Crippen LogP contribution in [-0.4, -0.2) is 46.7 Å². The molecule has 2 heterocycles. The second kappa shape index (κ2) is 8.64. The van der Waals surface area contributed by atoms with Crippen molar-refractivity contribution < 1.29 is 19.8 Å². The van der Waals surface area contributed by atoms with Crippen LogP contribution in [0.25, 0.3) is 0 Å². The molecule has 2 fully saturated rings. The lowest BCUT2D eigenvalue weighted by Crippen LogP contribution is -2.54. The number of carboxylic acid groups (broad SMARTS) is 1. The van der Waals surface area contributed by atoms with Crippen LogP contribution >= 0.6 is 0 Å². The SMILES string of the molecule is Cc1cc2c(cc1C)N=C1/C(=C/C(=CCNC3CCC(C(=O)O)C3)C2)NC(=O)NC1O. The summed E-state index contributed by atoms with van der Waals surface area (Å²) in [6.07, 6.45) is 5.58. The highest BCUT2D eigenvalue weighted by atomic mass is 16.4. The second-order valence-electron chi connectivity index (χ2n) is 8.53. The Balaban J connectivity index is 1.61. The van der Waals surface area contributed by atoms with Crippen molar-refractivity contribution in [1.29, 1.82) is 0 Å². The number of rotatable bonds is 4. The van der Waals surface area contributed by atoms with Gasteiger partial charge in [0, 0.05) is 12.6 Å².